The smallest absolute Gasteiger partial charge is 0.287 e. The third-order valence-electron chi connectivity index (χ3n) is 4.37. The van der Waals surface area contributed by atoms with Gasteiger partial charge in [0.15, 0.2) is 5.76 Å². The summed E-state index contributed by atoms with van der Waals surface area (Å²) in [6.45, 7) is 0.348. The van der Waals surface area contributed by atoms with E-state index in [1.807, 2.05) is 48.5 Å². The molecule has 0 saturated heterocycles. The Morgan fingerprint density at radius 2 is 1.75 bits per heavy atom. The van der Waals surface area contributed by atoms with Crippen LogP contribution in [0.5, 0.6) is 0 Å². The van der Waals surface area contributed by atoms with E-state index in [0.717, 1.165) is 11.1 Å². The summed E-state index contributed by atoms with van der Waals surface area (Å²) in [6, 6.07) is 19.4. The Balaban J connectivity index is 1.77. The number of furan rings is 1. The third kappa shape index (κ3) is 5.02. The number of rotatable bonds is 7. The van der Waals surface area contributed by atoms with Crippen molar-refractivity contribution >= 4 is 23.4 Å². The summed E-state index contributed by atoms with van der Waals surface area (Å²) in [5.74, 6) is -0.464. The van der Waals surface area contributed by atoms with Gasteiger partial charge < -0.3 is 14.6 Å². The first-order chi connectivity index (χ1) is 13.5. The van der Waals surface area contributed by atoms with E-state index in [2.05, 4.69) is 5.32 Å². The van der Waals surface area contributed by atoms with Crippen molar-refractivity contribution in [2.45, 2.75) is 19.0 Å². The van der Waals surface area contributed by atoms with Crippen molar-refractivity contribution in [3.8, 4) is 0 Å². The van der Waals surface area contributed by atoms with Crippen LogP contribution < -0.4 is 5.32 Å². The van der Waals surface area contributed by atoms with E-state index in [1.165, 1.54) is 6.26 Å². The third-order valence-corrected chi connectivity index (χ3v) is 4.74. The second-order valence-corrected chi connectivity index (χ2v) is 6.89. The van der Waals surface area contributed by atoms with Crippen molar-refractivity contribution in [2.75, 3.05) is 7.05 Å². The Bertz CT molecular complexity index is 926. The molecule has 0 radical (unpaired) electrons. The highest BCUT2D eigenvalue weighted by Gasteiger charge is 2.26. The molecule has 2 aromatic carbocycles. The van der Waals surface area contributed by atoms with E-state index in [0.29, 0.717) is 18.0 Å². The maximum atomic E-state index is 13.1. The summed E-state index contributed by atoms with van der Waals surface area (Å²) in [5.41, 5.74) is 1.79. The number of amides is 2. The summed E-state index contributed by atoms with van der Waals surface area (Å²) in [5, 5.41) is 3.39. The van der Waals surface area contributed by atoms with Crippen LogP contribution in [-0.2, 0) is 17.8 Å². The molecular weight excluding hydrogens is 376 g/mol. The van der Waals surface area contributed by atoms with Crippen LogP contribution in [0.1, 0.15) is 21.7 Å². The number of halogens is 1. The first kappa shape index (κ1) is 19.7. The number of benzene rings is 2. The zero-order valence-electron chi connectivity index (χ0n) is 15.5. The Morgan fingerprint density at radius 3 is 2.43 bits per heavy atom. The summed E-state index contributed by atoms with van der Waals surface area (Å²) >= 11 is 6.21. The molecule has 1 unspecified atom stereocenters. The van der Waals surface area contributed by atoms with Gasteiger partial charge in [-0.15, -0.1) is 0 Å². The molecular formula is C22H21ClN2O3. The van der Waals surface area contributed by atoms with Gasteiger partial charge in [0.2, 0.25) is 5.91 Å². The minimum absolute atomic E-state index is 0.166. The van der Waals surface area contributed by atoms with Crippen molar-refractivity contribution in [1.82, 2.24) is 10.2 Å². The van der Waals surface area contributed by atoms with E-state index < -0.39 is 11.9 Å². The quantitative estimate of drug-likeness (QED) is 0.658. The lowest BCUT2D eigenvalue weighted by Gasteiger charge is -2.25. The second kappa shape index (κ2) is 9.24. The normalized spacial score (nSPS) is 11.6. The van der Waals surface area contributed by atoms with Gasteiger partial charge in [-0.1, -0.05) is 60.1 Å². The molecule has 144 valence electrons. The van der Waals surface area contributed by atoms with Crippen LogP contribution in [0.15, 0.2) is 77.4 Å². The van der Waals surface area contributed by atoms with Crippen LogP contribution in [0, 0.1) is 0 Å². The standard InChI is InChI=1S/C22H21ClN2O3/c1-25(15-17-10-5-6-11-18(17)23)22(27)19(14-16-8-3-2-4-9-16)24-21(26)20-12-7-13-28-20/h2-13,19H,14-15H2,1H3,(H,24,26). The van der Waals surface area contributed by atoms with E-state index in [4.69, 9.17) is 16.0 Å². The average Bonchev–Trinajstić information content (AvgIpc) is 3.24. The fourth-order valence-corrected chi connectivity index (χ4v) is 3.11. The molecule has 0 bridgehead atoms. The molecule has 0 saturated carbocycles. The van der Waals surface area contributed by atoms with Gasteiger partial charge >= 0.3 is 0 Å². The molecule has 1 heterocycles. The van der Waals surface area contributed by atoms with Gasteiger partial charge in [0, 0.05) is 25.0 Å². The van der Waals surface area contributed by atoms with E-state index in [1.54, 1.807) is 30.1 Å². The molecule has 5 nitrogen and oxygen atoms in total. The lowest BCUT2D eigenvalue weighted by Crippen LogP contribution is -2.48. The number of hydrogen-bond donors (Lipinski definition) is 1. The Hall–Kier alpha value is -3.05. The van der Waals surface area contributed by atoms with Crippen molar-refractivity contribution in [2.24, 2.45) is 0 Å². The number of carbonyl (C=O) groups excluding carboxylic acids is 2. The molecule has 0 aliphatic heterocycles. The topological polar surface area (TPSA) is 62.6 Å². The Kier molecular flexibility index (Phi) is 6.50. The van der Waals surface area contributed by atoms with Crippen molar-refractivity contribution in [1.29, 1.82) is 0 Å². The number of hydrogen-bond acceptors (Lipinski definition) is 3. The maximum Gasteiger partial charge on any atom is 0.287 e. The lowest BCUT2D eigenvalue weighted by molar-refractivity contribution is -0.132. The Morgan fingerprint density at radius 1 is 1.04 bits per heavy atom. The molecule has 3 aromatic rings. The van der Waals surface area contributed by atoms with Gasteiger partial charge in [0.25, 0.3) is 5.91 Å². The van der Waals surface area contributed by atoms with Gasteiger partial charge in [-0.3, -0.25) is 9.59 Å². The molecule has 0 fully saturated rings. The molecule has 6 heteroatoms. The van der Waals surface area contributed by atoms with Gasteiger partial charge in [0.05, 0.1) is 6.26 Å². The zero-order chi connectivity index (χ0) is 19.9. The second-order valence-electron chi connectivity index (χ2n) is 6.48. The summed E-state index contributed by atoms with van der Waals surface area (Å²) < 4.78 is 5.14. The molecule has 3 rings (SSSR count). The van der Waals surface area contributed by atoms with Crippen molar-refractivity contribution in [3.05, 3.63) is 94.9 Å². The molecule has 1 atom stereocenters. The van der Waals surface area contributed by atoms with E-state index >= 15 is 0 Å². The average molecular weight is 397 g/mol. The minimum atomic E-state index is -0.729. The predicted octanol–water partition coefficient (Wildman–Crippen LogP) is 3.93. The highest BCUT2D eigenvalue weighted by atomic mass is 35.5. The van der Waals surface area contributed by atoms with Crippen LogP contribution >= 0.6 is 11.6 Å². The van der Waals surface area contributed by atoms with E-state index in [-0.39, 0.29) is 11.7 Å². The molecule has 0 aliphatic carbocycles. The number of nitrogens with one attached hydrogen (secondary N) is 1. The van der Waals surface area contributed by atoms with Crippen molar-refractivity contribution in [3.63, 3.8) is 0 Å². The number of nitrogens with zero attached hydrogens (tertiary/aromatic N) is 1. The van der Waals surface area contributed by atoms with Crippen LogP contribution in [0.3, 0.4) is 0 Å². The van der Waals surface area contributed by atoms with Crippen LogP contribution in [0.2, 0.25) is 5.02 Å². The number of carbonyl (C=O) groups is 2. The highest BCUT2D eigenvalue weighted by Crippen LogP contribution is 2.17. The molecule has 1 aromatic heterocycles. The molecule has 2 amide bonds. The van der Waals surface area contributed by atoms with Crippen molar-refractivity contribution < 1.29 is 14.0 Å². The SMILES string of the molecule is CN(Cc1ccccc1Cl)C(=O)C(Cc1ccccc1)NC(=O)c1ccco1. The molecule has 1 N–H and O–H groups in total. The predicted molar refractivity (Wildman–Crippen MR) is 108 cm³/mol. The number of likely N-dealkylation sites (N-methyl/N-ethyl adjacent to an activating group) is 1. The van der Waals surface area contributed by atoms with Crippen LogP contribution in [-0.4, -0.2) is 29.8 Å². The molecule has 28 heavy (non-hydrogen) atoms. The van der Waals surface area contributed by atoms with Crippen LogP contribution in [0.4, 0.5) is 0 Å². The molecule has 0 spiro atoms. The minimum Gasteiger partial charge on any atom is -0.459 e. The summed E-state index contributed by atoms with van der Waals surface area (Å²) in [4.78, 5) is 27.1. The summed E-state index contributed by atoms with van der Waals surface area (Å²) in [6.07, 6.45) is 1.80. The van der Waals surface area contributed by atoms with Gasteiger partial charge in [0.1, 0.15) is 6.04 Å². The van der Waals surface area contributed by atoms with E-state index in [9.17, 15) is 9.59 Å². The van der Waals surface area contributed by atoms with Gasteiger partial charge in [-0.25, -0.2) is 0 Å². The van der Waals surface area contributed by atoms with Crippen LogP contribution in [0.25, 0.3) is 0 Å². The monoisotopic (exact) mass is 396 g/mol. The zero-order valence-corrected chi connectivity index (χ0v) is 16.2. The first-order valence-electron chi connectivity index (χ1n) is 8.91. The fourth-order valence-electron chi connectivity index (χ4n) is 2.91. The fraction of sp³-hybridized carbons (Fsp3) is 0.182. The summed E-state index contributed by atoms with van der Waals surface area (Å²) in [7, 11) is 1.70. The lowest BCUT2D eigenvalue weighted by atomic mass is 10.0. The van der Waals surface area contributed by atoms with Gasteiger partial charge in [-0.2, -0.15) is 0 Å². The largest absolute Gasteiger partial charge is 0.459 e. The first-order valence-corrected chi connectivity index (χ1v) is 9.29. The molecule has 0 aliphatic rings. The van der Waals surface area contributed by atoms with Gasteiger partial charge in [-0.05, 0) is 29.3 Å². The highest BCUT2D eigenvalue weighted by molar-refractivity contribution is 6.31. The maximum absolute atomic E-state index is 13.1. The Labute approximate surface area is 168 Å².